The van der Waals surface area contributed by atoms with E-state index in [9.17, 15) is 9.59 Å². The van der Waals surface area contributed by atoms with E-state index in [4.69, 9.17) is 10.1 Å². The van der Waals surface area contributed by atoms with Crippen molar-refractivity contribution in [3.63, 3.8) is 0 Å². The molecule has 0 unspecified atom stereocenters. The second-order valence-corrected chi connectivity index (χ2v) is 12.2. The van der Waals surface area contributed by atoms with Crippen LogP contribution in [0.2, 0.25) is 0 Å². The average molecular weight is 508 g/mol. The highest BCUT2D eigenvalue weighted by Gasteiger charge is 2.57. The fourth-order valence-corrected chi connectivity index (χ4v) is 6.46. The first-order valence-corrected chi connectivity index (χ1v) is 14.3. The molecule has 3 heterocycles. The van der Waals surface area contributed by atoms with Crippen molar-refractivity contribution in [1.29, 1.82) is 0 Å². The molecule has 2 aliphatic heterocycles. The number of amidine groups is 1. The minimum Gasteiger partial charge on any atom is -0.342 e. The number of fused-ring (bicyclic) bond motifs is 1. The molecule has 5 aliphatic rings. The van der Waals surface area contributed by atoms with E-state index >= 15 is 0 Å². The Morgan fingerprint density at radius 3 is 2.42 bits per heavy atom. The molecule has 194 valence electrons. The van der Waals surface area contributed by atoms with Crippen LogP contribution in [-0.4, -0.2) is 62.4 Å². The molecule has 1 saturated heterocycles. The Bertz CT molecular complexity index is 1510. The van der Waals surface area contributed by atoms with E-state index < -0.39 is 5.54 Å². The van der Waals surface area contributed by atoms with Gasteiger partial charge in [-0.1, -0.05) is 30.3 Å². The molecule has 1 spiro atoms. The number of hydrogen-bond donors (Lipinski definition) is 0. The molecule has 1 atom stereocenters. The van der Waals surface area contributed by atoms with Gasteiger partial charge in [-0.05, 0) is 74.1 Å². The first-order chi connectivity index (χ1) is 18.5. The highest BCUT2D eigenvalue weighted by molar-refractivity contribution is 6.16. The van der Waals surface area contributed by atoms with Crippen molar-refractivity contribution in [2.24, 2.45) is 23.9 Å². The van der Waals surface area contributed by atoms with Crippen molar-refractivity contribution < 1.29 is 9.59 Å². The minimum absolute atomic E-state index is 0.151. The predicted molar refractivity (Wildman–Crippen MR) is 146 cm³/mol. The van der Waals surface area contributed by atoms with Gasteiger partial charge in [0, 0.05) is 49.5 Å². The fraction of sp³-hybridized carbons (Fsp3) is 0.484. The molecule has 3 aliphatic carbocycles. The average Bonchev–Trinajstić information content (AvgIpc) is 3.85. The van der Waals surface area contributed by atoms with Crippen LogP contribution < -0.4 is 0 Å². The zero-order valence-corrected chi connectivity index (χ0v) is 21.9. The Kier molecular flexibility index (Phi) is 4.74. The number of rotatable bonds is 6. The lowest BCUT2D eigenvalue weighted by Crippen LogP contribution is -2.40. The number of aliphatic imine (C=N–C) groups is 1. The van der Waals surface area contributed by atoms with E-state index in [2.05, 4.69) is 42.5 Å². The van der Waals surface area contributed by atoms with Gasteiger partial charge in [-0.25, -0.2) is 0 Å². The van der Waals surface area contributed by atoms with Gasteiger partial charge in [0.25, 0.3) is 5.91 Å². The van der Waals surface area contributed by atoms with Gasteiger partial charge in [0.05, 0.1) is 11.2 Å². The summed E-state index contributed by atoms with van der Waals surface area (Å²) in [5.74, 6) is 2.45. The van der Waals surface area contributed by atoms with E-state index in [1.54, 1.807) is 0 Å². The van der Waals surface area contributed by atoms with E-state index in [-0.39, 0.29) is 11.8 Å². The SMILES string of the molecule is Cn1nc(C2CC2)c2cc(-c3ccc(C4=NC5(CC5)C(=O)N4C[C@@H]4CCN(C(=O)C5CC5)C4)cc3)ccc21. The molecule has 2 amide bonds. The van der Waals surface area contributed by atoms with Gasteiger partial charge in [-0.2, -0.15) is 5.10 Å². The number of carbonyl (C=O) groups excluding carboxylic acids is 2. The van der Waals surface area contributed by atoms with E-state index in [0.29, 0.717) is 24.3 Å². The molecule has 0 bridgehead atoms. The summed E-state index contributed by atoms with van der Waals surface area (Å²) >= 11 is 0. The van der Waals surface area contributed by atoms with Gasteiger partial charge >= 0.3 is 0 Å². The maximum Gasteiger partial charge on any atom is 0.256 e. The van der Waals surface area contributed by atoms with Crippen LogP contribution in [-0.2, 0) is 16.6 Å². The number of carbonyl (C=O) groups is 2. The third kappa shape index (κ3) is 3.62. The van der Waals surface area contributed by atoms with Crippen LogP contribution in [0.25, 0.3) is 22.0 Å². The van der Waals surface area contributed by atoms with Crippen LogP contribution in [0.1, 0.15) is 62.1 Å². The van der Waals surface area contributed by atoms with Crippen LogP contribution in [0.15, 0.2) is 47.5 Å². The predicted octanol–water partition coefficient (Wildman–Crippen LogP) is 4.50. The minimum atomic E-state index is -0.527. The van der Waals surface area contributed by atoms with Crippen molar-refractivity contribution >= 4 is 28.6 Å². The van der Waals surface area contributed by atoms with E-state index in [1.165, 1.54) is 35.0 Å². The van der Waals surface area contributed by atoms with E-state index in [0.717, 1.165) is 62.2 Å². The summed E-state index contributed by atoms with van der Waals surface area (Å²) in [6.45, 7) is 2.23. The summed E-state index contributed by atoms with van der Waals surface area (Å²) in [5.41, 5.74) is 5.22. The monoisotopic (exact) mass is 507 g/mol. The number of aryl methyl sites for hydroxylation is 1. The molecule has 3 aromatic rings. The molecule has 0 radical (unpaired) electrons. The van der Waals surface area contributed by atoms with Crippen molar-refractivity contribution in [2.75, 3.05) is 19.6 Å². The Hall–Kier alpha value is -3.48. The smallest absolute Gasteiger partial charge is 0.256 e. The summed E-state index contributed by atoms with van der Waals surface area (Å²) in [6.07, 6.45) is 7.19. The van der Waals surface area contributed by atoms with Crippen molar-refractivity contribution in [1.82, 2.24) is 19.6 Å². The second kappa shape index (κ2) is 8.01. The first-order valence-electron chi connectivity index (χ1n) is 14.3. The zero-order valence-electron chi connectivity index (χ0n) is 21.9. The van der Waals surface area contributed by atoms with Crippen LogP contribution in [0.5, 0.6) is 0 Å². The maximum atomic E-state index is 13.4. The zero-order chi connectivity index (χ0) is 25.6. The molecular formula is C31H33N5O2. The normalized spacial score (nSPS) is 24.1. The van der Waals surface area contributed by atoms with Crippen LogP contribution in [0.4, 0.5) is 0 Å². The quantitative estimate of drug-likeness (QED) is 0.493. The molecular weight excluding hydrogens is 474 g/mol. The number of benzene rings is 2. The topological polar surface area (TPSA) is 70.8 Å². The third-order valence-electron chi connectivity index (χ3n) is 9.23. The molecule has 0 N–H and O–H groups in total. The van der Waals surface area contributed by atoms with Gasteiger partial charge in [-0.3, -0.25) is 24.2 Å². The second-order valence-electron chi connectivity index (χ2n) is 12.2. The van der Waals surface area contributed by atoms with E-state index in [1.807, 2.05) is 21.5 Å². The Labute approximate surface area is 222 Å². The lowest BCUT2D eigenvalue weighted by Gasteiger charge is -2.23. The number of nitrogens with zero attached hydrogens (tertiary/aromatic N) is 5. The molecule has 4 fully saturated rings. The van der Waals surface area contributed by atoms with Gasteiger partial charge in [0.15, 0.2) is 0 Å². The number of likely N-dealkylation sites (tertiary alicyclic amines) is 1. The molecule has 7 heteroatoms. The number of amides is 2. The van der Waals surface area contributed by atoms with Gasteiger partial charge in [0.2, 0.25) is 5.91 Å². The summed E-state index contributed by atoms with van der Waals surface area (Å²) < 4.78 is 2.00. The summed E-state index contributed by atoms with van der Waals surface area (Å²) in [7, 11) is 2.03. The Morgan fingerprint density at radius 1 is 0.974 bits per heavy atom. The van der Waals surface area contributed by atoms with Crippen molar-refractivity contribution in [3.8, 4) is 11.1 Å². The molecule has 1 aromatic heterocycles. The van der Waals surface area contributed by atoms with Crippen molar-refractivity contribution in [2.45, 2.75) is 56.4 Å². The number of hydrogen-bond acceptors (Lipinski definition) is 4. The van der Waals surface area contributed by atoms with Crippen molar-refractivity contribution in [3.05, 3.63) is 53.7 Å². The summed E-state index contributed by atoms with van der Waals surface area (Å²) in [4.78, 5) is 34.9. The summed E-state index contributed by atoms with van der Waals surface area (Å²) in [6, 6.07) is 15.2. The molecule has 2 aromatic carbocycles. The first kappa shape index (κ1) is 22.5. The third-order valence-corrected chi connectivity index (χ3v) is 9.23. The highest BCUT2D eigenvalue weighted by Crippen LogP contribution is 2.47. The Balaban J connectivity index is 1.05. The molecule has 7 nitrogen and oxygen atoms in total. The number of aromatic nitrogens is 2. The standard InChI is InChI=1S/C31H33N5O2/c1-34-26-11-10-24(16-25(26)27(33-34)21-4-5-21)20-2-6-22(7-3-20)28-32-31(13-14-31)30(38)36(28)18-19-12-15-35(17-19)29(37)23-8-9-23/h2-3,6-7,10-11,16,19,21,23H,4-5,8-9,12-15,17-18H2,1H3/t19-/m1/s1. The molecule has 38 heavy (non-hydrogen) atoms. The largest absolute Gasteiger partial charge is 0.342 e. The van der Waals surface area contributed by atoms with Crippen LogP contribution in [0, 0.1) is 11.8 Å². The Morgan fingerprint density at radius 2 is 1.71 bits per heavy atom. The fourth-order valence-electron chi connectivity index (χ4n) is 6.46. The van der Waals surface area contributed by atoms with Gasteiger partial charge < -0.3 is 4.90 Å². The van der Waals surface area contributed by atoms with Crippen LogP contribution >= 0.6 is 0 Å². The van der Waals surface area contributed by atoms with Crippen LogP contribution in [0.3, 0.4) is 0 Å². The summed E-state index contributed by atoms with van der Waals surface area (Å²) in [5, 5.41) is 6.06. The highest BCUT2D eigenvalue weighted by atomic mass is 16.2. The lowest BCUT2D eigenvalue weighted by molar-refractivity contribution is -0.131. The van der Waals surface area contributed by atoms with Gasteiger partial charge in [0.1, 0.15) is 11.4 Å². The lowest BCUT2D eigenvalue weighted by atomic mass is 10.0. The van der Waals surface area contributed by atoms with Gasteiger partial charge in [-0.15, -0.1) is 0 Å². The molecule has 3 saturated carbocycles. The maximum absolute atomic E-state index is 13.4. The molecule has 8 rings (SSSR count).